The molecule has 8 heavy (non-hydrogen) atoms. The van der Waals surface area contributed by atoms with Crippen LogP contribution in [0.25, 0.3) is 0 Å². The van der Waals surface area contributed by atoms with Gasteiger partial charge in [-0.15, -0.1) is 0 Å². The van der Waals surface area contributed by atoms with E-state index in [-0.39, 0.29) is 5.91 Å². The number of amides is 1. The molecule has 0 aliphatic carbocycles. The van der Waals surface area contributed by atoms with Gasteiger partial charge in [-0.1, -0.05) is 0 Å². The monoisotopic (exact) mass is 114 g/mol. The molecule has 1 spiro atoms. The van der Waals surface area contributed by atoms with Crippen LogP contribution >= 0.6 is 0 Å². The van der Waals surface area contributed by atoms with Crippen molar-refractivity contribution >= 4 is 5.91 Å². The summed E-state index contributed by atoms with van der Waals surface area (Å²) in [4.78, 5) is 15.2. The van der Waals surface area contributed by atoms with Crippen molar-refractivity contribution in [3.63, 3.8) is 0 Å². The second-order valence-electron chi connectivity index (χ2n) is 2.06. The van der Waals surface area contributed by atoms with Crippen LogP contribution in [0.2, 0.25) is 0 Å². The molecule has 0 aromatic heterocycles. The van der Waals surface area contributed by atoms with Crippen molar-refractivity contribution in [3.8, 4) is 0 Å². The molecule has 2 heterocycles. The first kappa shape index (κ1) is 4.29. The van der Waals surface area contributed by atoms with Gasteiger partial charge in [-0.05, 0) is 0 Å². The summed E-state index contributed by atoms with van der Waals surface area (Å²) < 4.78 is 0. The SMILES string of the molecule is O=C1N[C@]12CCON2. The number of carbonyl (C=O) groups is 1. The van der Waals surface area contributed by atoms with Crippen LogP contribution in [0.15, 0.2) is 0 Å². The van der Waals surface area contributed by atoms with E-state index in [1.54, 1.807) is 0 Å². The lowest BCUT2D eigenvalue weighted by Crippen LogP contribution is -2.27. The molecule has 0 aromatic carbocycles. The zero-order chi connectivity index (χ0) is 5.61. The summed E-state index contributed by atoms with van der Waals surface area (Å²) in [5, 5.41) is 2.63. The van der Waals surface area contributed by atoms with Crippen LogP contribution in [-0.2, 0) is 9.63 Å². The molecule has 4 nitrogen and oxygen atoms in total. The minimum atomic E-state index is -0.458. The van der Waals surface area contributed by atoms with Gasteiger partial charge in [0.1, 0.15) is 0 Å². The first-order valence-electron chi connectivity index (χ1n) is 2.55. The Bertz CT molecular complexity index is 139. The molecule has 0 bridgehead atoms. The Hall–Kier alpha value is -0.610. The second-order valence-corrected chi connectivity index (χ2v) is 2.06. The Kier molecular flexibility index (Phi) is 0.555. The van der Waals surface area contributed by atoms with Gasteiger partial charge in [-0.25, -0.2) is 0 Å². The van der Waals surface area contributed by atoms with E-state index in [4.69, 9.17) is 4.84 Å². The smallest absolute Gasteiger partial charge is 0.264 e. The van der Waals surface area contributed by atoms with Crippen molar-refractivity contribution in [2.45, 2.75) is 12.1 Å². The molecule has 1 atom stereocenters. The summed E-state index contributed by atoms with van der Waals surface area (Å²) >= 11 is 0. The van der Waals surface area contributed by atoms with E-state index < -0.39 is 5.66 Å². The Morgan fingerprint density at radius 1 is 1.75 bits per heavy atom. The predicted molar refractivity (Wildman–Crippen MR) is 24.6 cm³/mol. The molecule has 2 rings (SSSR count). The molecule has 4 heteroatoms. The third-order valence-corrected chi connectivity index (χ3v) is 1.48. The summed E-state index contributed by atoms with van der Waals surface area (Å²) in [6, 6.07) is 0. The highest BCUT2D eigenvalue weighted by Gasteiger charge is 2.56. The number of hydrogen-bond donors (Lipinski definition) is 2. The van der Waals surface area contributed by atoms with Crippen LogP contribution in [0.3, 0.4) is 0 Å². The highest BCUT2D eigenvalue weighted by molar-refractivity contribution is 6.01. The Balaban J connectivity index is 2.16. The van der Waals surface area contributed by atoms with Gasteiger partial charge in [0.05, 0.1) is 6.61 Å². The number of rotatable bonds is 0. The molecule has 2 fully saturated rings. The van der Waals surface area contributed by atoms with Crippen molar-refractivity contribution in [1.82, 2.24) is 10.8 Å². The lowest BCUT2D eigenvalue weighted by molar-refractivity contribution is -0.112. The fourth-order valence-corrected chi connectivity index (χ4v) is 0.840. The molecule has 2 aliphatic rings. The summed E-state index contributed by atoms with van der Waals surface area (Å²) in [7, 11) is 0. The van der Waals surface area contributed by atoms with Crippen LogP contribution in [0.5, 0.6) is 0 Å². The molecular formula is C4H6N2O2. The molecule has 0 aromatic rings. The average molecular weight is 114 g/mol. The van der Waals surface area contributed by atoms with Crippen LogP contribution in [-0.4, -0.2) is 18.2 Å². The second kappa shape index (κ2) is 1.04. The van der Waals surface area contributed by atoms with E-state index in [0.717, 1.165) is 6.42 Å². The van der Waals surface area contributed by atoms with Crippen LogP contribution in [0, 0.1) is 0 Å². The number of hydroxylamine groups is 1. The highest BCUT2D eigenvalue weighted by Crippen LogP contribution is 2.23. The molecule has 1 amide bonds. The zero-order valence-corrected chi connectivity index (χ0v) is 4.23. The normalized spacial score (nSPS) is 42.8. The van der Waals surface area contributed by atoms with E-state index in [0.29, 0.717) is 6.61 Å². The van der Waals surface area contributed by atoms with E-state index in [2.05, 4.69) is 10.8 Å². The van der Waals surface area contributed by atoms with E-state index in [1.807, 2.05) is 0 Å². The van der Waals surface area contributed by atoms with Crippen LogP contribution < -0.4 is 10.8 Å². The molecule has 2 aliphatic heterocycles. The summed E-state index contributed by atoms with van der Waals surface area (Å²) in [5.74, 6) is 0.0509. The predicted octanol–water partition coefficient (Wildman–Crippen LogP) is -1.26. The third kappa shape index (κ3) is 0.343. The maximum absolute atomic E-state index is 10.5. The fraction of sp³-hybridized carbons (Fsp3) is 0.750. The summed E-state index contributed by atoms with van der Waals surface area (Å²) in [6.07, 6.45) is 0.756. The van der Waals surface area contributed by atoms with Gasteiger partial charge >= 0.3 is 0 Å². The van der Waals surface area contributed by atoms with Gasteiger partial charge < -0.3 is 5.32 Å². The van der Waals surface area contributed by atoms with Crippen molar-refractivity contribution in [2.75, 3.05) is 6.61 Å². The van der Waals surface area contributed by atoms with Gasteiger partial charge in [0.25, 0.3) is 5.91 Å². The lowest BCUT2D eigenvalue weighted by atomic mass is 10.3. The molecular weight excluding hydrogens is 108 g/mol. The van der Waals surface area contributed by atoms with Gasteiger partial charge in [-0.3, -0.25) is 9.63 Å². The quantitative estimate of drug-likeness (QED) is 0.386. The number of hydrogen-bond acceptors (Lipinski definition) is 3. The molecule has 2 saturated heterocycles. The van der Waals surface area contributed by atoms with Crippen molar-refractivity contribution < 1.29 is 9.63 Å². The minimum absolute atomic E-state index is 0.0509. The molecule has 44 valence electrons. The standard InChI is InChI=1S/C4H6N2O2/c7-3-4(5-3)1-2-8-6-4/h6H,1-2H2,(H,5,7)/t4-/m0/s1. The topological polar surface area (TPSA) is 60.3 Å². The van der Waals surface area contributed by atoms with E-state index >= 15 is 0 Å². The van der Waals surface area contributed by atoms with Crippen LogP contribution in [0.1, 0.15) is 6.42 Å². The minimum Gasteiger partial charge on any atom is -0.325 e. The van der Waals surface area contributed by atoms with Crippen molar-refractivity contribution in [3.05, 3.63) is 0 Å². The largest absolute Gasteiger partial charge is 0.325 e. The van der Waals surface area contributed by atoms with Crippen molar-refractivity contribution in [1.29, 1.82) is 0 Å². The van der Waals surface area contributed by atoms with Gasteiger partial charge in [0, 0.05) is 6.42 Å². The first-order valence-corrected chi connectivity index (χ1v) is 2.55. The average Bonchev–Trinajstić information content (AvgIpc) is 2.29. The van der Waals surface area contributed by atoms with Crippen LogP contribution in [0.4, 0.5) is 0 Å². The van der Waals surface area contributed by atoms with E-state index in [1.165, 1.54) is 0 Å². The molecule has 0 radical (unpaired) electrons. The van der Waals surface area contributed by atoms with Gasteiger partial charge in [0.15, 0.2) is 5.66 Å². The van der Waals surface area contributed by atoms with Crippen molar-refractivity contribution in [2.24, 2.45) is 0 Å². The number of nitrogens with one attached hydrogen (secondary N) is 2. The number of carbonyl (C=O) groups excluding carboxylic acids is 1. The third-order valence-electron chi connectivity index (χ3n) is 1.48. The highest BCUT2D eigenvalue weighted by atomic mass is 16.7. The first-order chi connectivity index (χ1) is 3.83. The van der Waals surface area contributed by atoms with E-state index in [9.17, 15) is 4.79 Å². The Labute approximate surface area is 46.2 Å². The molecule has 0 unspecified atom stereocenters. The molecule has 2 N–H and O–H groups in total. The lowest BCUT2D eigenvalue weighted by Gasteiger charge is -1.93. The van der Waals surface area contributed by atoms with Gasteiger partial charge in [0.2, 0.25) is 0 Å². The zero-order valence-electron chi connectivity index (χ0n) is 4.23. The fourth-order valence-electron chi connectivity index (χ4n) is 0.840. The maximum Gasteiger partial charge on any atom is 0.264 e. The molecule has 0 saturated carbocycles. The summed E-state index contributed by atoms with van der Waals surface area (Å²) in [5.41, 5.74) is 2.14. The van der Waals surface area contributed by atoms with Gasteiger partial charge in [-0.2, -0.15) is 5.48 Å². The Morgan fingerprint density at radius 2 is 2.50 bits per heavy atom. The summed E-state index contributed by atoms with van der Waals surface area (Å²) in [6.45, 7) is 0.624. The Morgan fingerprint density at radius 3 is 2.75 bits per heavy atom. The maximum atomic E-state index is 10.5.